The fraction of sp³-hybridized carbons (Fsp3) is 0.304. The lowest BCUT2D eigenvalue weighted by molar-refractivity contribution is 0.164. The summed E-state index contributed by atoms with van der Waals surface area (Å²) in [5.41, 5.74) is 5.83. The monoisotopic (exact) mass is 406 g/mol. The van der Waals surface area contributed by atoms with Crippen molar-refractivity contribution < 1.29 is 4.74 Å². The number of benzene rings is 1. The van der Waals surface area contributed by atoms with Crippen molar-refractivity contribution in [2.75, 3.05) is 20.3 Å². The van der Waals surface area contributed by atoms with Gasteiger partial charge in [0.05, 0.1) is 24.4 Å². The van der Waals surface area contributed by atoms with E-state index >= 15 is 0 Å². The van der Waals surface area contributed by atoms with Crippen LogP contribution < -0.4 is 5.32 Å². The Morgan fingerprint density at radius 2 is 1.86 bits per heavy atom. The van der Waals surface area contributed by atoms with Crippen LogP contribution in [0.15, 0.2) is 60.8 Å². The summed E-state index contributed by atoms with van der Waals surface area (Å²) < 4.78 is 7.66. The van der Waals surface area contributed by atoms with Crippen molar-refractivity contribution in [1.82, 2.24) is 19.8 Å². The highest BCUT2D eigenvalue weighted by Gasteiger charge is 2.41. The molecular weight excluding hydrogens is 380 g/mol. The third kappa shape index (κ3) is 3.66. The van der Waals surface area contributed by atoms with Crippen molar-refractivity contribution in [2.45, 2.75) is 25.9 Å². The summed E-state index contributed by atoms with van der Waals surface area (Å²) in [4.78, 5) is 6.85. The molecule has 1 saturated heterocycles. The Balaban J connectivity index is 1.81. The quantitative estimate of drug-likeness (QED) is 0.624. The predicted molar refractivity (Wildman–Crippen MR) is 119 cm³/mol. The Bertz CT molecular complexity index is 987. The van der Waals surface area contributed by atoms with Crippen molar-refractivity contribution in [3.05, 3.63) is 83.4 Å². The molecule has 3 heterocycles. The van der Waals surface area contributed by atoms with Crippen LogP contribution in [0.25, 0.3) is 5.69 Å². The first-order valence-corrected chi connectivity index (χ1v) is 10.2. The molecular formula is C23H26N4OS. The van der Waals surface area contributed by atoms with Crippen LogP contribution in [-0.4, -0.2) is 39.8 Å². The lowest BCUT2D eigenvalue weighted by Gasteiger charge is -2.28. The number of ether oxygens (including phenoxy) is 1. The summed E-state index contributed by atoms with van der Waals surface area (Å²) in [6.07, 6.45) is 1.84. The van der Waals surface area contributed by atoms with E-state index < -0.39 is 0 Å². The molecule has 3 aromatic rings. The van der Waals surface area contributed by atoms with Crippen molar-refractivity contribution in [1.29, 1.82) is 0 Å². The van der Waals surface area contributed by atoms with Gasteiger partial charge in [-0.2, -0.15) is 0 Å². The normalized spacial score (nSPS) is 18.9. The van der Waals surface area contributed by atoms with Gasteiger partial charge in [-0.15, -0.1) is 0 Å². The molecule has 0 aliphatic carbocycles. The smallest absolute Gasteiger partial charge is 0.170 e. The highest BCUT2D eigenvalue weighted by atomic mass is 32.1. The minimum absolute atomic E-state index is 0.00900. The Hall–Kier alpha value is -2.70. The number of methoxy groups -OCH3 is 1. The zero-order valence-electron chi connectivity index (χ0n) is 17.0. The van der Waals surface area contributed by atoms with Crippen molar-refractivity contribution in [3.63, 3.8) is 0 Å². The third-order valence-corrected chi connectivity index (χ3v) is 5.89. The molecule has 150 valence electrons. The van der Waals surface area contributed by atoms with Crippen LogP contribution in [0, 0.1) is 13.8 Å². The summed E-state index contributed by atoms with van der Waals surface area (Å²) in [7, 11) is 1.72. The Labute approximate surface area is 177 Å². The largest absolute Gasteiger partial charge is 0.383 e. The van der Waals surface area contributed by atoms with Crippen molar-refractivity contribution in [2.24, 2.45) is 0 Å². The molecule has 0 radical (unpaired) electrons. The van der Waals surface area contributed by atoms with Gasteiger partial charge in [-0.25, -0.2) is 0 Å². The van der Waals surface area contributed by atoms with Crippen molar-refractivity contribution >= 4 is 17.3 Å². The van der Waals surface area contributed by atoms with Gasteiger partial charge in [0, 0.05) is 36.9 Å². The van der Waals surface area contributed by atoms with Gasteiger partial charge in [-0.3, -0.25) is 4.98 Å². The highest BCUT2D eigenvalue weighted by molar-refractivity contribution is 7.80. The van der Waals surface area contributed by atoms with Crippen LogP contribution in [0.2, 0.25) is 0 Å². The molecule has 2 unspecified atom stereocenters. The predicted octanol–water partition coefficient (Wildman–Crippen LogP) is 4.11. The SMILES string of the molecule is COCCN1C(=S)NC(c2ccccn2)C1c1cc(C)n(-c2ccccc2)c1C. The van der Waals surface area contributed by atoms with E-state index in [0.717, 1.165) is 17.4 Å². The standard InChI is InChI=1S/C23H26N4OS/c1-16-15-19(17(2)27(16)18-9-5-4-6-10-18)22-21(20-11-7-8-12-24-20)25-23(29)26(22)13-14-28-3/h4-12,15,21-22H,13-14H2,1-3H3,(H,25,29). The molecule has 5 nitrogen and oxygen atoms in total. The average Bonchev–Trinajstić information content (AvgIpc) is 3.23. The molecule has 0 amide bonds. The molecule has 1 aromatic carbocycles. The minimum atomic E-state index is -0.00900. The van der Waals surface area contributed by atoms with Gasteiger partial charge in [0.25, 0.3) is 0 Å². The van der Waals surface area contributed by atoms with E-state index in [1.807, 2.05) is 24.4 Å². The zero-order valence-corrected chi connectivity index (χ0v) is 17.8. The van der Waals surface area contributed by atoms with Crippen LogP contribution in [0.1, 0.15) is 34.7 Å². The molecule has 1 aliphatic rings. The Morgan fingerprint density at radius 3 is 2.55 bits per heavy atom. The number of rotatable bonds is 6. The van der Waals surface area contributed by atoms with Gasteiger partial charge in [0.1, 0.15) is 0 Å². The summed E-state index contributed by atoms with van der Waals surface area (Å²) in [5.74, 6) is 0. The van der Waals surface area contributed by atoms with E-state index in [4.69, 9.17) is 17.0 Å². The Morgan fingerprint density at radius 1 is 1.10 bits per heavy atom. The maximum absolute atomic E-state index is 5.71. The molecule has 1 N–H and O–H groups in total. The number of nitrogens with one attached hydrogen (secondary N) is 1. The molecule has 4 rings (SSSR count). The van der Waals surface area contributed by atoms with E-state index in [-0.39, 0.29) is 12.1 Å². The minimum Gasteiger partial charge on any atom is -0.383 e. The second-order valence-electron chi connectivity index (χ2n) is 7.31. The van der Waals surface area contributed by atoms with Gasteiger partial charge >= 0.3 is 0 Å². The number of pyridine rings is 1. The first-order valence-electron chi connectivity index (χ1n) is 9.83. The molecule has 1 aliphatic heterocycles. The van der Waals surface area contributed by atoms with Crippen LogP contribution >= 0.6 is 12.2 Å². The molecule has 2 aromatic heterocycles. The fourth-order valence-corrected chi connectivity index (χ4v) is 4.57. The second-order valence-corrected chi connectivity index (χ2v) is 7.70. The molecule has 0 spiro atoms. The summed E-state index contributed by atoms with van der Waals surface area (Å²) in [6, 6.07) is 18.8. The number of aryl methyl sites for hydroxylation is 1. The van der Waals surface area contributed by atoms with Gasteiger partial charge in [0.15, 0.2) is 5.11 Å². The number of thiocarbonyl (C=S) groups is 1. The number of aromatic nitrogens is 2. The number of para-hydroxylation sites is 1. The zero-order chi connectivity index (χ0) is 20.4. The molecule has 1 fully saturated rings. The summed E-state index contributed by atoms with van der Waals surface area (Å²) in [5, 5.41) is 4.25. The summed E-state index contributed by atoms with van der Waals surface area (Å²) in [6.45, 7) is 5.68. The molecule has 6 heteroatoms. The first kappa shape index (κ1) is 19.6. The van der Waals surface area contributed by atoms with Gasteiger partial charge in [-0.05, 0) is 62.0 Å². The van der Waals surface area contributed by atoms with Crippen LogP contribution in [0.4, 0.5) is 0 Å². The molecule has 29 heavy (non-hydrogen) atoms. The van der Waals surface area contributed by atoms with Crippen LogP contribution in [0.3, 0.4) is 0 Å². The van der Waals surface area contributed by atoms with E-state index in [1.165, 1.54) is 22.6 Å². The fourth-order valence-electron chi connectivity index (χ4n) is 4.24. The second kappa shape index (κ2) is 8.35. The van der Waals surface area contributed by atoms with E-state index in [2.05, 4.69) is 70.0 Å². The van der Waals surface area contributed by atoms with Crippen LogP contribution in [-0.2, 0) is 4.74 Å². The first-order chi connectivity index (χ1) is 14.1. The Kier molecular flexibility index (Phi) is 5.65. The maximum atomic E-state index is 5.71. The van der Waals surface area contributed by atoms with E-state index in [0.29, 0.717) is 6.61 Å². The van der Waals surface area contributed by atoms with E-state index in [9.17, 15) is 0 Å². The topological polar surface area (TPSA) is 42.3 Å². The maximum Gasteiger partial charge on any atom is 0.170 e. The summed E-state index contributed by atoms with van der Waals surface area (Å²) >= 11 is 5.71. The lowest BCUT2D eigenvalue weighted by atomic mass is 9.97. The van der Waals surface area contributed by atoms with Gasteiger partial charge < -0.3 is 19.5 Å². The van der Waals surface area contributed by atoms with Gasteiger partial charge in [-0.1, -0.05) is 24.3 Å². The van der Waals surface area contributed by atoms with E-state index in [1.54, 1.807) is 7.11 Å². The average molecular weight is 407 g/mol. The number of hydrogen-bond acceptors (Lipinski definition) is 3. The molecule has 2 atom stereocenters. The van der Waals surface area contributed by atoms with Crippen molar-refractivity contribution in [3.8, 4) is 5.69 Å². The number of hydrogen-bond donors (Lipinski definition) is 1. The molecule has 0 saturated carbocycles. The lowest BCUT2D eigenvalue weighted by Crippen LogP contribution is -2.32. The van der Waals surface area contributed by atoms with Crippen LogP contribution in [0.5, 0.6) is 0 Å². The molecule has 0 bridgehead atoms. The third-order valence-electron chi connectivity index (χ3n) is 5.54. The van der Waals surface area contributed by atoms with Gasteiger partial charge in [0.2, 0.25) is 0 Å². The highest BCUT2D eigenvalue weighted by Crippen LogP contribution is 2.41. The number of nitrogens with zero attached hydrogens (tertiary/aromatic N) is 3.